The number of ether oxygens (including phenoxy) is 1. The molecule has 0 aromatic heterocycles. The summed E-state index contributed by atoms with van der Waals surface area (Å²) < 4.78 is 6.07. The molecule has 0 spiro atoms. The highest BCUT2D eigenvalue weighted by Crippen LogP contribution is 2.35. The van der Waals surface area contributed by atoms with Gasteiger partial charge in [0, 0.05) is 68.9 Å². The number of carbonyl (C=O) groups is 5. The number of piperidine rings is 2. The summed E-state index contributed by atoms with van der Waals surface area (Å²) in [6, 6.07) is 17.6. The first kappa shape index (κ1) is 34.8. The van der Waals surface area contributed by atoms with E-state index in [-0.39, 0.29) is 36.8 Å². The lowest BCUT2D eigenvalue weighted by Gasteiger charge is -2.35. The minimum absolute atomic E-state index is 0.0182. The van der Waals surface area contributed by atoms with Crippen LogP contribution in [0.15, 0.2) is 54.6 Å². The molecule has 13 heteroatoms. The second kappa shape index (κ2) is 14.3. The van der Waals surface area contributed by atoms with Crippen LogP contribution in [0.25, 0.3) is 0 Å². The Kier molecular flexibility index (Phi) is 9.39. The average Bonchev–Trinajstić information content (AvgIpc) is 3.83. The zero-order chi connectivity index (χ0) is 36.8. The highest BCUT2D eigenvalue weighted by atomic mass is 35.5. The van der Waals surface area contributed by atoms with Crippen LogP contribution in [0, 0.1) is 17.2 Å². The van der Waals surface area contributed by atoms with Crippen molar-refractivity contribution in [3.8, 4) is 11.8 Å². The number of benzene rings is 3. The normalized spacial score (nSPS) is 23.1. The third kappa shape index (κ3) is 6.99. The average molecular weight is 735 g/mol. The Balaban J connectivity index is 0.793. The van der Waals surface area contributed by atoms with E-state index in [2.05, 4.69) is 20.4 Å². The number of nitrogens with one attached hydrogen (secondary N) is 2. The maximum absolute atomic E-state index is 13.3. The fourth-order valence-electron chi connectivity index (χ4n) is 8.43. The van der Waals surface area contributed by atoms with Crippen LogP contribution in [-0.4, -0.2) is 77.2 Å². The molecule has 272 valence electrons. The summed E-state index contributed by atoms with van der Waals surface area (Å²) in [5.41, 5.74) is 4.86. The topological polar surface area (TPSA) is 152 Å². The number of anilines is 1. The number of hydrogen-bond acceptors (Lipinski definition) is 9. The molecule has 0 radical (unpaired) electrons. The Morgan fingerprint density at radius 3 is 2.25 bits per heavy atom. The molecule has 3 fully saturated rings. The van der Waals surface area contributed by atoms with Crippen molar-refractivity contribution in [3.63, 3.8) is 0 Å². The van der Waals surface area contributed by atoms with Crippen LogP contribution in [0.4, 0.5) is 5.69 Å². The van der Waals surface area contributed by atoms with Crippen molar-refractivity contribution in [2.24, 2.45) is 5.92 Å². The Bertz CT molecular complexity index is 2010. The molecule has 2 saturated heterocycles. The summed E-state index contributed by atoms with van der Waals surface area (Å²) >= 11 is 6.14. The number of amides is 5. The highest BCUT2D eigenvalue weighted by Gasteiger charge is 2.45. The Morgan fingerprint density at radius 2 is 1.60 bits per heavy atom. The summed E-state index contributed by atoms with van der Waals surface area (Å²) in [7, 11) is 0. The Morgan fingerprint density at radius 1 is 0.906 bits per heavy atom. The van der Waals surface area contributed by atoms with Crippen LogP contribution < -0.4 is 20.3 Å². The fourth-order valence-corrected chi connectivity index (χ4v) is 8.64. The van der Waals surface area contributed by atoms with Gasteiger partial charge in [0.1, 0.15) is 24.0 Å². The molecular formula is C40H39ClN6O6. The standard InChI is InChI=1S/C40H39ClN6O6/c41-34-18-31(7-3-25(34)19-42)53-30-8-4-28(17-30)43-37(49)24-1-5-29(6-2-24)46-13-11-23(12-14-46)20-45-21-26-15-32-33(16-27(26)22-45)40(52)47(39(32)51)35-9-10-36(48)44-38(35)50/h1-3,5-7,15-16,18,23,28,30,35H,4,8-14,17,20-22H2,(H,43,49)(H,44,48,50)/t28-,30-,35?/m0/s1. The molecule has 8 rings (SSSR count). The van der Waals surface area contributed by atoms with E-state index in [1.807, 2.05) is 42.5 Å². The molecular weight excluding hydrogens is 696 g/mol. The van der Waals surface area contributed by atoms with Gasteiger partial charge in [-0.15, -0.1) is 0 Å². The van der Waals surface area contributed by atoms with Crippen LogP contribution >= 0.6 is 11.6 Å². The second-order valence-corrected chi connectivity index (χ2v) is 15.1. The molecule has 3 atom stereocenters. The highest BCUT2D eigenvalue weighted by molar-refractivity contribution is 6.31. The van der Waals surface area contributed by atoms with Crippen molar-refractivity contribution in [2.75, 3.05) is 24.5 Å². The van der Waals surface area contributed by atoms with Crippen LogP contribution in [0.5, 0.6) is 5.75 Å². The van der Waals surface area contributed by atoms with Crippen LogP contribution in [0.3, 0.4) is 0 Å². The molecule has 1 aliphatic carbocycles. The second-order valence-electron chi connectivity index (χ2n) is 14.7. The molecule has 5 amide bonds. The van der Waals surface area contributed by atoms with E-state index in [1.54, 1.807) is 18.2 Å². The molecule has 2 N–H and O–H groups in total. The van der Waals surface area contributed by atoms with E-state index in [0.29, 0.717) is 58.5 Å². The van der Waals surface area contributed by atoms with Gasteiger partial charge in [-0.3, -0.25) is 39.1 Å². The van der Waals surface area contributed by atoms with Crippen LogP contribution in [0.2, 0.25) is 5.02 Å². The molecule has 1 unspecified atom stereocenters. The quantitative estimate of drug-likeness (QED) is 0.317. The number of rotatable bonds is 8. The van der Waals surface area contributed by atoms with E-state index in [0.717, 1.165) is 67.0 Å². The molecule has 3 aromatic carbocycles. The number of carbonyl (C=O) groups excluding carboxylic acids is 5. The molecule has 3 aromatic rings. The van der Waals surface area contributed by atoms with Crippen molar-refractivity contribution in [3.05, 3.63) is 93.0 Å². The van der Waals surface area contributed by atoms with Gasteiger partial charge < -0.3 is 15.0 Å². The molecule has 4 heterocycles. The summed E-state index contributed by atoms with van der Waals surface area (Å²) in [4.78, 5) is 69.4. The zero-order valence-corrected chi connectivity index (χ0v) is 29.9. The van der Waals surface area contributed by atoms with E-state index >= 15 is 0 Å². The molecule has 53 heavy (non-hydrogen) atoms. The third-order valence-corrected chi connectivity index (χ3v) is 11.6. The van der Waals surface area contributed by atoms with Gasteiger partial charge >= 0.3 is 0 Å². The first-order valence-corrected chi connectivity index (χ1v) is 18.6. The van der Waals surface area contributed by atoms with E-state index < -0.39 is 23.8 Å². The lowest BCUT2D eigenvalue weighted by Crippen LogP contribution is -2.54. The Labute approximate surface area is 312 Å². The smallest absolute Gasteiger partial charge is 0.262 e. The summed E-state index contributed by atoms with van der Waals surface area (Å²) in [6.07, 6.45) is 4.61. The van der Waals surface area contributed by atoms with Gasteiger partial charge in [0.15, 0.2) is 0 Å². The maximum Gasteiger partial charge on any atom is 0.262 e. The molecule has 5 aliphatic rings. The number of hydrogen-bond donors (Lipinski definition) is 2. The van der Waals surface area contributed by atoms with E-state index in [9.17, 15) is 24.0 Å². The van der Waals surface area contributed by atoms with Gasteiger partial charge in [0.25, 0.3) is 17.7 Å². The van der Waals surface area contributed by atoms with Crippen LogP contribution in [-0.2, 0) is 22.7 Å². The monoisotopic (exact) mass is 734 g/mol. The fraction of sp³-hybridized carbons (Fsp3) is 0.400. The first-order chi connectivity index (χ1) is 25.6. The largest absolute Gasteiger partial charge is 0.490 e. The number of imide groups is 2. The molecule has 1 saturated carbocycles. The zero-order valence-electron chi connectivity index (χ0n) is 29.1. The minimum atomic E-state index is -0.962. The first-order valence-electron chi connectivity index (χ1n) is 18.3. The van der Waals surface area contributed by atoms with Crippen molar-refractivity contribution >= 4 is 46.8 Å². The van der Waals surface area contributed by atoms with Crippen molar-refractivity contribution in [1.29, 1.82) is 5.26 Å². The molecule has 12 nitrogen and oxygen atoms in total. The minimum Gasteiger partial charge on any atom is -0.490 e. The number of halogens is 1. The lowest BCUT2D eigenvalue weighted by atomic mass is 9.95. The van der Waals surface area contributed by atoms with Gasteiger partial charge in [-0.25, -0.2) is 0 Å². The van der Waals surface area contributed by atoms with Gasteiger partial charge in [0.05, 0.1) is 21.7 Å². The molecule has 4 aliphatic heterocycles. The number of nitrogens with zero attached hydrogens (tertiary/aromatic N) is 4. The maximum atomic E-state index is 13.3. The van der Waals surface area contributed by atoms with E-state index in [4.69, 9.17) is 21.6 Å². The van der Waals surface area contributed by atoms with Crippen molar-refractivity contribution < 1.29 is 28.7 Å². The predicted molar refractivity (Wildman–Crippen MR) is 194 cm³/mol. The molecule has 0 bridgehead atoms. The summed E-state index contributed by atoms with van der Waals surface area (Å²) in [5, 5.41) is 14.8. The number of nitriles is 1. The Hall–Kier alpha value is -5.25. The number of fused-ring (bicyclic) bond motifs is 2. The van der Waals surface area contributed by atoms with Gasteiger partial charge in [-0.05, 0) is 97.7 Å². The van der Waals surface area contributed by atoms with Crippen molar-refractivity contribution in [2.45, 2.75) is 76.2 Å². The predicted octanol–water partition coefficient (Wildman–Crippen LogP) is 4.57. The van der Waals surface area contributed by atoms with E-state index in [1.165, 1.54) is 0 Å². The SMILES string of the molecule is N#Cc1ccc(O[C@H]2CC[C@H](NC(=O)c3ccc(N4CCC(CN5Cc6cc7c(cc6C5)C(=O)N(C5CCC(=O)NC5=O)C7=O)CC4)cc3)C2)cc1Cl. The lowest BCUT2D eigenvalue weighted by molar-refractivity contribution is -0.136. The van der Waals surface area contributed by atoms with Crippen molar-refractivity contribution in [1.82, 2.24) is 20.4 Å². The summed E-state index contributed by atoms with van der Waals surface area (Å²) in [6.45, 7) is 4.15. The van der Waals surface area contributed by atoms with Gasteiger partial charge in [0.2, 0.25) is 11.8 Å². The summed E-state index contributed by atoms with van der Waals surface area (Å²) in [5.74, 6) is -0.897. The van der Waals surface area contributed by atoms with Crippen LogP contribution in [0.1, 0.15) is 92.7 Å². The van der Waals surface area contributed by atoms with Gasteiger partial charge in [-0.2, -0.15) is 5.26 Å². The van der Waals surface area contributed by atoms with Gasteiger partial charge in [-0.1, -0.05) is 11.6 Å². The third-order valence-electron chi connectivity index (χ3n) is 11.3.